The Kier molecular flexibility index (Phi) is 3.30. The van der Waals surface area contributed by atoms with Gasteiger partial charge in [0.15, 0.2) is 0 Å². The number of rotatable bonds is 2. The molecule has 3 nitrogen and oxygen atoms in total. The van der Waals surface area contributed by atoms with Gasteiger partial charge in [0.1, 0.15) is 0 Å². The SMILES string of the molecule is CC(=O)OC[C@]12CO[C@H](C)[C@@H](C1)C(C)=C[C@H]2C. The first-order valence-corrected chi connectivity index (χ1v) is 6.38. The van der Waals surface area contributed by atoms with Crippen molar-refractivity contribution in [1.29, 1.82) is 0 Å². The summed E-state index contributed by atoms with van der Waals surface area (Å²) < 4.78 is 11.1. The van der Waals surface area contributed by atoms with Crippen LogP contribution in [0, 0.1) is 17.3 Å². The fourth-order valence-corrected chi connectivity index (χ4v) is 3.10. The van der Waals surface area contributed by atoms with Crippen molar-refractivity contribution in [2.45, 2.75) is 40.2 Å². The predicted octanol–water partition coefficient (Wildman–Crippen LogP) is 2.56. The maximum atomic E-state index is 11.0. The van der Waals surface area contributed by atoms with Gasteiger partial charge in [-0.25, -0.2) is 0 Å². The number of esters is 1. The lowest BCUT2D eigenvalue weighted by Gasteiger charge is -2.49. The average molecular weight is 238 g/mol. The zero-order valence-electron chi connectivity index (χ0n) is 11.2. The van der Waals surface area contributed by atoms with Crippen molar-refractivity contribution in [1.82, 2.24) is 0 Å². The van der Waals surface area contributed by atoms with E-state index in [0.717, 1.165) is 6.42 Å². The van der Waals surface area contributed by atoms with Gasteiger partial charge in [0.2, 0.25) is 0 Å². The highest BCUT2D eigenvalue weighted by Crippen LogP contribution is 2.48. The number of carbonyl (C=O) groups is 1. The van der Waals surface area contributed by atoms with E-state index in [2.05, 4.69) is 26.8 Å². The lowest BCUT2D eigenvalue weighted by molar-refractivity contribution is -0.159. The third-order valence-electron chi connectivity index (χ3n) is 4.45. The highest BCUT2D eigenvalue weighted by Gasteiger charge is 2.47. The van der Waals surface area contributed by atoms with E-state index in [9.17, 15) is 4.79 Å². The molecule has 0 aromatic rings. The van der Waals surface area contributed by atoms with Gasteiger partial charge < -0.3 is 9.47 Å². The van der Waals surface area contributed by atoms with Crippen LogP contribution in [0.25, 0.3) is 0 Å². The van der Waals surface area contributed by atoms with Crippen LogP contribution < -0.4 is 0 Å². The smallest absolute Gasteiger partial charge is 0.302 e. The number of carbonyl (C=O) groups excluding carboxylic acids is 1. The quantitative estimate of drug-likeness (QED) is 0.548. The molecule has 0 saturated carbocycles. The molecule has 96 valence electrons. The molecule has 4 atom stereocenters. The van der Waals surface area contributed by atoms with Crippen molar-refractivity contribution >= 4 is 5.97 Å². The number of fused-ring (bicyclic) bond motifs is 2. The number of allylic oxidation sites excluding steroid dienone is 1. The summed E-state index contributed by atoms with van der Waals surface area (Å²) in [5, 5.41) is 0. The fourth-order valence-electron chi connectivity index (χ4n) is 3.10. The molecule has 0 amide bonds. The van der Waals surface area contributed by atoms with Crippen molar-refractivity contribution in [2.75, 3.05) is 13.2 Å². The third kappa shape index (κ3) is 2.25. The minimum absolute atomic E-state index is 0.0116. The Morgan fingerprint density at radius 2 is 2.29 bits per heavy atom. The molecular formula is C14H22O3. The molecule has 3 heteroatoms. The molecular weight excluding hydrogens is 216 g/mol. The van der Waals surface area contributed by atoms with Crippen LogP contribution in [0.4, 0.5) is 0 Å². The van der Waals surface area contributed by atoms with Crippen molar-refractivity contribution in [3.05, 3.63) is 11.6 Å². The Labute approximate surface area is 103 Å². The zero-order valence-corrected chi connectivity index (χ0v) is 11.2. The second kappa shape index (κ2) is 4.45. The molecule has 1 aliphatic carbocycles. The summed E-state index contributed by atoms with van der Waals surface area (Å²) in [6, 6.07) is 0. The molecule has 1 heterocycles. The van der Waals surface area contributed by atoms with E-state index < -0.39 is 0 Å². The molecule has 0 unspecified atom stereocenters. The monoisotopic (exact) mass is 238 g/mol. The summed E-state index contributed by atoms with van der Waals surface area (Å²) in [5.41, 5.74) is 1.41. The standard InChI is InChI=1S/C14H22O3/c1-9-5-10(2)14(8-17-12(4)15)6-13(9)11(3)16-7-14/h5,10-11,13H,6-8H2,1-4H3/t10-,11-,13+,14-/m1/s1. The topological polar surface area (TPSA) is 35.5 Å². The normalized spacial score (nSPS) is 40.7. The largest absolute Gasteiger partial charge is 0.465 e. The van der Waals surface area contributed by atoms with Gasteiger partial charge in [0.05, 0.1) is 19.3 Å². The molecule has 0 N–H and O–H groups in total. The molecule has 2 aliphatic rings. The summed E-state index contributed by atoms with van der Waals surface area (Å²) in [4.78, 5) is 11.0. The van der Waals surface area contributed by atoms with Gasteiger partial charge in [-0.1, -0.05) is 18.6 Å². The summed E-state index contributed by atoms with van der Waals surface area (Å²) in [5.74, 6) is 0.689. The molecule has 2 rings (SSSR count). The number of ether oxygens (including phenoxy) is 2. The van der Waals surface area contributed by atoms with Crippen molar-refractivity contribution in [3.8, 4) is 0 Å². The minimum atomic E-state index is -0.201. The molecule has 0 aromatic carbocycles. The van der Waals surface area contributed by atoms with Crippen LogP contribution in [0.2, 0.25) is 0 Å². The molecule has 0 spiro atoms. The summed E-state index contributed by atoms with van der Waals surface area (Å²) in [7, 11) is 0. The van der Waals surface area contributed by atoms with Gasteiger partial charge in [-0.05, 0) is 26.2 Å². The van der Waals surface area contributed by atoms with Crippen molar-refractivity contribution in [2.24, 2.45) is 17.3 Å². The summed E-state index contributed by atoms with van der Waals surface area (Å²) in [6.45, 7) is 9.16. The minimum Gasteiger partial charge on any atom is -0.465 e. The van der Waals surface area contributed by atoms with E-state index in [1.807, 2.05) is 0 Å². The first-order valence-electron chi connectivity index (χ1n) is 6.38. The van der Waals surface area contributed by atoms with Gasteiger partial charge in [-0.3, -0.25) is 4.79 Å². The number of hydrogen-bond acceptors (Lipinski definition) is 3. The first-order chi connectivity index (χ1) is 7.94. The van der Waals surface area contributed by atoms with Crippen LogP contribution in [0.3, 0.4) is 0 Å². The van der Waals surface area contributed by atoms with E-state index in [0.29, 0.717) is 25.0 Å². The van der Waals surface area contributed by atoms with Crippen LogP contribution in [0.1, 0.15) is 34.1 Å². The Morgan fingerprint density at radius 3 is 2.94 bits per heavy atom. The van der Waals surface area contributed by atoms with Crippen LogP contribution in [0.15, 0.2) is 11.6 Å². The van der Waals surface area contributed by atoms with Crippen LogP contribution in [-0.4, -0.2) is 25.3 Å². The maximum absolute atomic E-state index is 11.0. The zero-order chi connectivity index (χ0) is 12.6. The second-order valence-corrected chi connectivity index (χ2v) is 5.67. The molecule has 17 heavy (non-hydrogen) atoms. The summed E-state index contributed by atoms with van der Waals surface area (Å²) >= 11 is 0. The highest BCUT2D eigenvalue weighted by molar-refractivity contribution is 5.65. The molecule has 2 bridgehead atoms. The molecule has 1 saturated heterocycles. The highest BCUT2D eigenvalue weighted by atomic mass is 16.5. The lowest BCUT2D eigenvalue weighted by Crippen LogP contribution is -2.50. The lowest BCUT2D eigenvalue weighted by atomic mass is 9.63. The van der Waals surface area contributed by atoms with E-state index in [1.54, 1.807) is 0 Å². The van der Waals surface area contributed by atoms with E-state index in [4.69, 9.17) is 9.47 Å². The predicted molar refractivity (Wildman–Crippen MR) is 65.5 cm³/mol. The van der Waals surface area contributed by atoms with Crippen molar-refractivity contribution < 1.29 is 14.3 Å². The second-order valence-electron chi connectivity index (χ2n) is 5.67. The Morgan fingerprint density at radius 1 is 1.59 bits per heavy atom. The Balaban J connectivity index is 2.19. The van der Waals surface area contributed by atoms with Crippen LogP contribution >= 0.6 is 0 Å². The van der Waals surface area contributed by atoms with E-state index >= 15 is 0 Å². The van der Waals surface area contributed by atoms with Gasteiger partial charge in [-0.2, -0.15) is 0 Å². The fraction of sp³-hybridized carbons (Fsp3) is 0.786. The Hall–Kier alpha value is -0.830. The maximum Gasteiger partial charge on any atom is 0.302 e. The van der Waals surface area contributed by atoms with Crippen LogP contribution in [0.5, 0.6) is 0 Å². The number of hydrogen-bond donors (Lipinski definition) is 0. The first kappa shape index (κ1) is 12.6. The molecule has 1 aliphatic heterocycles. The third-order valence-corrected chi connectivity index (χ3v) is 4.45. The van der Waals surface area contributed by atoms with Gasteiger partial charge in [0.25, 0.3) is 0 Å². The van der Waals surface area contributed by atoms with Gasteiger partial charge in [0, 0.05) is 18.3 Å². The summed E-state index contributed by atoms with van der Waals surface area (Å²) in [6.07, 6.45) is 3.69. The van der Waals surface area contributed by atoms with Gasteiger partial charge >= 0.3 is 5.97 Å². The van der Waals surface area contributed by atoms with E-state index in [1.165, 1.54) is 12.5 Å². The Bertz CT molecular complexity index is 347. The molecule has 1 fully saturated rings. The van der Waals surface area contributed by atoms with Crippen LogP contribution in [-0.2, 0) is 14.3 Å². The molecule has 0 radical (unpaired) electrons. The molecule has 0 aromatic heterocycles. The van der Waals surface area contributed by atoms with E-state index in [-0.39, 0.29) is 17.5 Å². The van der Waals surface area contributed by atoms with Crippen molar-refractivity contribution in [3.63, 3.8) is 0 Å². The van der Waals surface area contributed by atoms with Gasteiger partial charge in [-0.15, -0.1) is 0 Å². The average Bonchev–Trinajstić information content (AvgIpc) is 2.27.